The highest BCUT2D eigenvalue weighted by Gasteiger charge is 2.29. The van der Waals surface area contributed by atoms with Crippen LogP contribution in [0.25, 0.3) is 0 Å². The summed E-state index contributed by atoms with van der Waals surface area (Å²) in [5, 5.41) is 3.67. The Kier molecular flexibility index (Phi) is 2.52. The van der Waals surface area contributed by atoms with Crippen molar-refractivity contribution in [1.29, 1.82) is 0 Å². The predicted molar refractivity (Wildman–Crippen MR) is 56.4 cm³/mol. The molecule has 1 amide bonds. The molecule has 5 heteroatoms. The average Bonchev–Trinajstić information content (AvgIpc) is 2.88. The molecule has 1 atom stereocenters. The van der Waals surface area contributed by atoms with Gasteiger partial charge >= 0.3 is 0 Å². The van der Waals surface area contributed by atoms with Gasteiger partial charge in [-0.05, 0) is 19.8 Å². The number of nitrogens with zero attached hydrogens (tertiary/aromatic N) is 1. The Hall–Kier alpha value is -0.940. The normalized spacial score (nSPS) is 17.9. The van der Waals surface area contributed by atoms with Crippen LogP contribution in [0.5, 0.6) is 0 Å². The minimum atomic E-state index is -0.468. The third-order valence-corrected chi connectivity index (χ3v) is 2.97. The van der Waals surface area contributed by atoms with Crippen LogP contribution in [-0.2, 0) is 4.79 Å². The molecule has 0 spiro atoms. The topological polar surface area (TPSA) is 68.0 Å². The molecule has 1 aliphatic rings. The lowest BCUT2D eigenvalue weighted by Crippen LogP contribution is -2.32. The molecule has 0 radical (unpaired) electrons. The van der Waals surface area contributed by atoms with Crippen molar-refractivity contribution in [2.75, 3.05) is 5.32 Å². The molecule has 1 aromatic rings. The Bertz CT molecular complexity index is 344. The fourth-order valence-corrected chi connectivity index (χ4v) is 1.99. The van der Waals surface area contributed by atoms with E-state index in [9.17, 15) is 4.79 Å². The van der Waals surface area contributed by atoms with Crippen molar-refractivity contribution in [2.24, 2.45) is 5.73 Å². The van der Waals surface area contributed by atoms with E-state index >= 15 is 0 Å². The zero-order valence-corrected chi connectivity index (χ0v) is 8.80. The van der Waals surface area contributed by atoms with Gasteiger partial charge in [0.15, 0.2) is 0 Å². The SMILES string of the molecule is C[C@@H](N)C(=O)Nc1scnc1C1CC1. The van der Waals surface area contributed by atoms with Gasteiger partial charge in [0.2, 0.25) is 5.91 Å². The quantitative estimate of drug-likeness (QED) is 0.792. The van der Waals surface area contributed by atoms with Crippen molar-refractivity contribution < 1.29 is 4.79 Å². The maximum Gasteiger partial charge on any atom is 0.241 e. The third-order valence-electron chi connectivity index (χ3n) is 2.21. The van der Waals surface area contributed by atoms with Crippen molar-refractivity contribution >= 4 is 22.2 Å². The van der Waals surface area contributed by atoms with Gasteiger partial charge in [0, 0.05) is 5.92 Å². The molecule has 0 bridgehead atoms. The smallest absolute Gasteiger partial charge is 0.241 e. The number of carbonyl (C=O) groups is 1. The molecule has 1 saturated carbocycles. The number of nitrogens with one attached hydrogen (secondary N) is 1. The third kappa shape index (κ3) is 1.93. The number of anilines is 1. The van der Waals surface area contributed by atoms with Crippen LogP contribution < -0.4 is 11.1 Å². The van der Waals surface area contributed by atoms with Gasteiger partial charge in [-0.1, -0.05) is 0 Å². The second-order valence-electron chi connectivity index (χ2n) is 3.62. The number of thiazole rings is 1. The van der Waals surface area contributed by atoms with Gasteiger partial charge in [0.05, 0.1) is 17.2 Å². The van der Waals surface area contributed by atoms with Crippen LogP contribution in [0, 0.1) is 0 Å². The van der Waals surface area contributed by atoms with E-state index in [2.05, 4.69) is 10.3 Å². The number of hydrogen-bond donors (Lipinski definition) is 2. The fraction of sp³-hybridized carbons (Fsp3) is 0.556. The summed E-state index contributed by atoms with van der Waals surface area (Å²) in [4.78, 5) is 15.6. The number of carbonyl (C=O) groups excluding carboxylic acids is 1. The molecule has 1 aromatic heterocycles. The summed E-state index contributed by atoms with van der Waals surface area (Å²) in [5.41, 5.74) is 8.27. The van der Waals surface area contributed by atoms with E-state index < -0.39 is 6.04 Å². The van der Waals surface area contributed by atoms with Crippen molar-refractivity contribution in [3.05, 3.63) is 11.2 Å². The van der Waals surface area contributed by atoms with Crippen LogP contribution in [0.1, 0.15) is 31.4 Å². The summed E-state index contributed by atoms with van der Waals surface area (Å²) in [5.74, 6) is 0.417. The molecule has 76 valence electrons. The second-order valence-corrected chi connectivity index (χ2v) is 4.47. The lowest BCUT2D eigenvalue weighted by Gasteiger charge is -2.06. The molecular weight excluding hydrogens is 198 g/mol. The Morgan fingerprint density at radius 3 is 3.07 bits per heavy atom. The van der Waals surface area contributed by atoms with Crippen molar-refractivity contribution in [3.8, 4) is 0 Å². The monoisotopic (exact) mass is 211 g/mol. The Morgan fingerprint density at radius 2 is 2.50 bits per heavy atom. The summed E-state index contributed by atoms with van der Waals surface area (Å²) in [6.45, 7) is 1.67. The van der Waals surface area contributed by atoms with Crippen LogP contribution in [-0.4, -0.2) is 16.9 Å². The fourth-order valence-electron chi connectivity index (χ4n) is 1.22. The highest BCUT2D eigenvalue weighted by molar-refractivity contribution is 7.14. The van der Waals surface area contributed by atoms with Crippen molar-refractivity contribution in [1.82, 2.24) is 4.98 Å². The lowest BCUT2D eigenvalue weighted by molar-refractivity contribution is -0.117. The van der Waals surface area contributed by atoms with E-state index in [0.717, 1.165) is 10.7 Å². The number of aromatic nitrogens is 1. The maximum atomic E-state index is 11.3. The highest BCUT2D eigenvalue weighted by Crippen LogP contribution is 2.43. The molecule has 0 aliphatic heterocycles. The van der Waals surface area contributed by atoms with Crippen molar-refractivity contribution in [2.45, 2.75) is 31.7 Å². The number of amides is 1. The largest absolute Gasteiger partial charge is 0.320 e. The first-order valence-electron chi connectivity index (χ1n) is 4.68. The van der Waals surface area contributed by atoms with Crippen molar-refractivity contribution in [3.63, 3.8) is 0 Å². The summed E-state index contributed by atoms with van der Waals surface area (Å²) in [6, 6.07) is -0.468. The van der Waals surface area contributed by atoms with E-state index in [1.807, 2.05) is 0 Å². The summed E-state index contributed by atoms with van der Waals surface area (Å²) < 4.78 is 0. The molecule has 0 saturated heterocycles. The van der Waals surface area contributed by atoms with Crippen LogP contribution in [0.15, 0.2) is 5.51 Å². The zero-order valence-electron chi connectivity index (χ0n) is 7.99. The second kappa shape index (κ2) is 3.67. The number of rotatable bonds is 3. The van der Waals surface area contributed by atoms with Gasteiger partial charge in [0.25, 0.3) is 0 Å². The average molecular weight is 211 g/mol. The molecule has 0 unspecified atom stereocenters. The molecular formula is C9H13N3OS. The molecule has 1 heterocycles. The van der Waals surface area contributed by atoms with E-state index in [4.69, 9.17) is 5.73 Å². The maximum absolute atomic E-state index is 11.3. The Balaban J connectivity index is 2.08. The van der Waals surface area contributed by atoms with Crippen LogP contribution in [0.4, 0.5) is 5.00 Å². The molecule has 4 nitrogen and oxygen atoms in total. The minimum absolute atomic E-state index is 0.142. The molecule has 3 N–H and O–H groups in total. The van der Waals surface area contributed by atoms with E-state index in [1.54, 1.807) is 12.4 Å². The molecule has 14 heavy (non-hydrogen) atoms. The minimum Gasteiger partial charge on any atom is -0.320 e. The van der Waals surface area contributed by atoms with Gasteiger partial charge in [-0.15, -0.1) is 11.3 Å². The number of hydrogen-bond acceptors (Lipinski definition) is 4. The van der Waals surface area contributed by atoms with E-state index in [1.165, 1.54) is 24.2 Å². The van der Waals surface area contributed by atoms with Gasteiger partial charge < -0.3 is 11.1 Å². The first-order chi connectivity index (χ1) is 6.68. The lowest BCUT2D eigenvalue weighted by atomic mass is 10.3. The van der Waals surface area contributed by atoms with Crippen LogP contribution >= 0.6 is 11.3 Å². The Morgan fingerprint density at radius 1 is 1.79 bits per heavy atom. The predicted octanol–water partition coefficient (Wildman–Crippen LogP) is 1.31. The van der Waals surface area contributed by atoms with Crippen LogP contribution in [0.2, 0.25) is 0 Å². The molecule has 1 aliphatic carbocycles. The Labute approximate surface area is 86.5 Å². The summed E-state index contributed by atoms with van der Waals surface area (Å²) >= 11 is 1.46. The molecule has 0 aromatic carbocycles. The first-order valence-corrected chi connectivity index (χ1v) is 5.56. The van der Waals surface area contributed by atoms with Gasteiger partial charge in [-0.2, -0.15) is 0 Å². The number of nitrogens with two attached hydrogens (primary N) is 1. The zero-order chi connectivity index (χ0) is 10.1. The van der Waals surface area contributed by atoms with Crippen LogP contribution in [0.3, 0.4) is 0 Å². The standard InChI is InChI=1S/C9H13N3OS/c1-5(10)8(13)12-9-7(6-2-3-6)11-4-14-9/h4-6H,2-3,10H2,1H3,(H,12,13)/t5-/m1/s1. The highest BCUT2D eigenvalue weighted by atomic mass is 32.1. The summed E-state index contributed by atoms with van der Waals surface area (Å²) in [7, 11) is 0. The van der Waals surface area contributed by atoms with Gasteiger partial charge in [-0.25, -0.2) is 4.98 Å². The van der Waals surface area contributed by atoms with E-state index in [0.29, 0.717) is 5.92 Å². The van der Waals surface area contributed by atoms with Gasteiger partial charge in [-0.3, -0.25) is 4.79 Å². The first kappa shape index (κ1) is 9.61. The van der Waals surface area contributed by atoms with Gasteiger partial charge in [0.1, 0.15) is 5.00 Å². The molecule has 1 fully saturated rings. The molecule has 2 rings (SSSR count). The van der Waals surface area contributed by atoms with E-state index in [-0.39, 0.29) is 5.91 Å². The summed E-state index contributed by atoms with van der Waals surface area (Å²) in [6.07, 6.45) is 2.37.